The summed E-state index contributed by atoms with van der Waals surface area (Å²) in [7, 11) is 0. The van der Waals surface area contributed by atoms with Gasteiger partial charge in [0.1, 0.15) is 5.82 Å². The van der Waals surface area contributed by atoms with Gasteiger partial charge in [-0.2, -0.15) is 13.2 Å². The molecule has 0 fully saturated rings. The largest absolute Gasteiger partial charge is 0.418 e. The van der Waals surface area contributed by atoms with E-state index < -0.39 is 24.5 Å². The van der Waals surface area contributed by atoms with Gasteiger partial charge in [0.05, 0.1) is 17.5 Å². The van der Waals surface area contributed by atoms with Crippen LogP contribution in [0.1, 0.15) is 31.9 Å². The second kappa shape index (κ2) is 9.07. The maximum atomic E-state index is 13.4. The van der Waals surface area contributed by atoms with Crippen LogP contribution >= 0.6 is 0 Å². The highest BCUT2D eigenvalue weighted by atomic mass is 19.4. The molecule has 1 aromatic carbocycles. The van der Waals surface area contributed by atoms with Crippen LogP contribution in [0.25, 0.3) is 22.2 Å². The van der Waals surface area contributed by atoms with Crippen molar-refractivity contribution in [3.63, 3.8) is 0 Å². The number of fused-ring (bicyclic) bond motifs is 1. The van der Waals surface area contributed by atoms with E-state index in [0.717, 1.165) is 22.7 Å². The molecule has 0 bridgehead atoms. The Bertz CT molecular complexity index is 1000. The SMILES string of the molecule is CC(C)(C)Cn1cc(CN)c2ccc(-c3ncc(F)cc3C(F)(F)F)cc21.FCF. The zero-order valence-electron chi connectivity index (χ0n) is 16.8. The topological polar surface area (TPSA) is 43.8 Å². The lowest BCUT2D eigenvalue weighted by Gasteiger charge is -2.20. The quantitative estimate of drug-likeness (QED) is 0.498. The zero-order chi connectivity index (χ0) is 22.7. The third kappa shape index (κ3) is 5.53. The van der Waals surface area contributed by atoms with Crippen LogP contribution in [0.15, 0.2) is 36.7 Å². The van der Waals surface area contributed by atoms with Gasteiger partial charge in [-0.25, -0.2) is 13.2 Å². The molecule has 2 N–H and O–H groups in total. The predicted octanol–water partition coefficient (Wildman–Crippen LogP) is 6.25. The van der Waals surface area contributed by atoms with Gasteiger partial charge in [-0.3, -0.25) is 4.98 Å². The Labute approximate surface area is 170 Å². The molecule has 2 heterocycles. The van der Waals surface area contributed by atoms with Crippen molar-refractivity contribution in [2.45, 2.75) is 40.0 Å². The minimum Gasteiger partial charge on any atom is -0.347 e. The fourth-order valence-electron chi connectivity index (χ4n) is 3.21. The van der Waals surface area contributed by atoms with E-state index in [1.165, 1.54) is 0 Å². The van der Waals surface area contributed by atoms with Crippen LogP contribution in [0.3, 0.4) is 0 Å². The van der Waals surface area contributed by atoms with E-state index in [-0.39, 0.29) is 16.7 Å². The third-order valence-corrected chi connectivity index (χ3v) is 4.26. The molecule has 3 aromatic rings. The lowest BCUT2D eigenvalue weighted by molar-refractivity contribution is -0.137. The summed E-state index contributed by atoms with van der Waals surface area (Å²) in [6.07, 6.45) is -1.97. The van der Waals surface area contributed by atoms with Gasteiger partial charge >= 0.3 is 6.18 Å². The van der Waals surface area contributed by atoms with Crippen molar-refractivity contribution < 1.29 is 26.3 Å². The molecule has 164 valence electrons. The van der Waals surface area contributed by atoms with Crippen molar-refractivity contribution in [2.24, 2.45) is 11.1 Å². The molecule has 2 aromatic heterocycles. The van der Waals surface area contributed by atoms with Crippen molar-refractivity contribution in [3.8, 4) is 11.3 Å². The smallest absolute Gasteiger partial charge is 0.347 e. The molecule has 0 spiro atoms. The van der Waals surface area contributed by atoms with Gasteiger partial charge in [-0.15, -0.1) is 0 Å². The second-order valence-electron chi connectivity index (χ2n) is 7.93. The van der Waals surface area contributed by atoms with E-state index in [9.17, 15) is 26.3 Å². The number of hydrogen-bond donors (Lipinski definition) is 1. The van der Waals surface area contributed by atoms with Gasteiger partial charge in [-0.1, -0.05) is 32.9 Å². The monoisotopic (exact) mass is 431 g/mol. The van der Waals surface area contributed by atoms with Crippen LogP contribution in [-0.2, 0) is 19.3 Å². The Balaban J connectivity index is 0.00000101. The number of aromatic nitrogens is 2. The third-order valence-electron chi connectivity index (χ3n) is 4.26. The minimum atomic E-state index is -4.70. The molecular formula is C21H23F6N3. The molecule has 3 rings (SSSR count). The molecule has 0 unspecified atom stereocenters. The number of halogens is 6. The fourth-order valence-corrected chi connectivity index (χ4v) is 3.21. The van der Waals surface area contributed by atoms with Crippen LogP contribution in [0.2, 0.25) is 0 Å². The molecule has 0 amide bonds. The van der Waals surface area contributed by atoms with Crippen molar-refractivity contribution in [2.75, 3.05) is 6.93 Å². The van der Waals surface area contributed by atoms with Crippen LogP contribution in [-0.4, -0.2) is 16.5 Å². The Morgan fingerprint density at radius 1 is 1.07 bits per heavy atom. The molecule has 0 aliphatic heterocycles. The number of benzene rings is 1. The lowest BCUT2D eigenvalue weighted by Crippen LogP contribution is -2.14. The minimum absolute atomic E-state index is 0.0287. The van der Waals surface area contributed by atoms with Gasteiger partial charge in [0, 0.05) is 35.8 Å². The average Bonchev–Trinajstić information content (AvgIpc) is 2.97. The van der Waals surface area contributed by atoms with Crippen LogP contribution in [0.4, 0.5) is 26.3 Å². The van der Waals surface area contributed by atoms with Crippen molar-refractivity contribution >= 4 is 10.9 Å². The van der Waals surface area contributed by atoms with E-state index in [4.69, 9.17) is 5.73 Å². The molecule has 3 nitrogen and oxygen atoms in total. The number of alkyl halides is 5. The van der Waals surface area contributed by atoms with E-state index in [1.54, 1.807) is 18.2 Å². The second-order valence-corrected chi connectivity index (χ2v) is 7.93. The molecule has 0 radical (unpaired) electrons. The summed E-state index contributed by atoms with van der Waals surface area (Å²) < 4.78 is 74.7. The highest BCUT2D eigenvalue weighted by molar-refractivity contribution is 5.88. The van der Waals surface area contributed by atoms with E-state index in [1.807, 2.05) is 10.8 Å². The molecule has 0 saturated carbocycles. The number of rotatable bonds is 3. The summed E-state index contributed by atoms with van der Waals surface area (Å²) in [5, 5.41) is 0.890. The number of hydrogen-bond acceptors (Lipinski definition) is 2. The van der Waals surface area contributed by atoms with Gasteiger partial charge < -0.3 is 10.3 Å². The summed E-state index contributed by atoms with van der Waals surface area (Å²) >= 11 is 0. The van der Waals surface area contributed by atoms with Crippen LogP contribution in [0, 0.1) is 11.2 Å². The summed E-state index contributed by atoms with van der Waals surface area (Å²) in [6, 6.07) is 5.46. The molecule has 0 aliphatic carbocycles. The zero-order valence-corrected chi connectivity index (χ0v) is 16.8. The summed E-state index contributed by atoms with van der Waals surface area (Å²) in [5.41, 5.74) is 6.40. The fraction of sp³-hybridized carbons (Fsp3) is 0.381. The molecule has 0 aliphatic rings. The maximum absolute atomic E-state index is 13.4. The molecule has 0 saturated heterocycles. The van der Waals surface area contributed by atoms with Gasteiger partial charge in [-0.05, 0) is 23.1 Å². The summed E-state index contributed by atoms with van der Waals surface area (Å²) in [4.78, 5) is 3.72. The van der Waals surface area contributed by atoms with Crippen molar-refractivity contribution in [1.82, 2.24) is 9.55 Å². The number of nitrogens with zero attached hydrogens (tertiary/aromatic N) is 2. The first kappa shape index (κ1) is 23.7. The van der Waals surface area contributed by atoms with Gasteiger partial charge in [0.2, 0.25) is 6.93 Å². The van der Waals surface area contributed by atoms with Crippen LogP contribution in [0.5, 0.6) is 0 Å². The highest BCUT2D eigenvalue weighted by Gasteiger charge is 2.35. The lowest BCUT2D eigenvalue weighted by atomic mass is 9.97. The highest BCUT2D eigenvalue weighted by Crippen LogP contribution is 2.37. The Morgan fingerprint density at radius 2 is 1.70 bits per heavy atom. The first-order valence-electron chi connectivity index (χ1n) is 9.08. The Morgan fingerprint density at radius 3 is 2.23 bits per heavy atom. The molecule has 30 heavy (non-hydrogen) atoms. The molecule has 0 atom stereocenters. The van der Waals surface area contributed by atoms with E-state index in [2.05, 4.69) is 25.8 Å². The first-order chi connectivity index (χ1) is 13.9. The van der Waals surface area contributed by atoms with Crippen molar-refractivity contribution in [1.29, 1.82) is 0 Å². The maximum Gasteiger partial charge on any atom is 0.418 e. The molecular weight excluding hydrogens is 408 g/mol. The van der Waals surface area contributed by atoms with E-state index in [0.29, 0.717) is 19.2 Å². The summed E-state index contributed by atoms with van der Waals surface area (Å²) in [5.74, 6) is -1.02. The predicted molar refractivity (Wildman–Crippen MR) is 105 cm³/mol. The van der Waals surface area contributed by atoms with Crippen molar-refractivity contribution in [3.05, 3.63) is 53.6 Å². The van der Waals surface area contributed by atoms with Gasteiger partial charge in [0.15, 0.2) is 0 Å². The normalized spacial score (nSPS) is 12.1. The average molecular weight is 431 g/mol. The molecule has 9 heteroatoms. The Hall–Kier alpha value is -2.55. The number of pyridine rings is 1. The van der Waals surface area contributed by atoms with Gasteiger partial charge in [0.25, 0.3) is 0 Å². The summed E-state index contributed by atoms with van der Waals surface area (Å²) in [6.45, 7) is 5.49. The Kier molecular flexibility index (Phi) is 7.18. The van der Waals surface area contributed by atoms with Crippen LogP contribution < -0.4 is 5.73 Å². The van der Waals surface area contributed by atoms with E-state index >= 15 is 0 Å². The number of nitrogens with two attached hydrogens (primary N) is 1. The standard InChI is InChI=1S/C20H21F4N3.CH2F2/c1-19(2,3)11-27-10-13(8-25)15-5-4-12(6-17(15)27)18-16(20(22,23)24)7-14(21)9-26-18;2-1-3/h4-7,9-10H,8,11,25H2,1-3H3;1H2. The first-order valence-corrected chi connectivity index (χ1v) is 9.08.